The molecule has 1 amide bonds. The molecule has 1 unspecified atom stereocenters. The largest absolute Gasteiger partial charge is 0.497 e. The van der Waals surface area contributed by atoms with Crippen molar-refractivity contribution in [2.24, 2.45) is 5.92 Å². The van der Waals surface area contributed by atoms with Gasteiger partial charge < -0.3 is 15.2 Å². The minimum Gasteiger partial charge on any atom is -0.497 e. The number of methoxy groups -OCH3 is 1. The zero-order chi connectivity index (χ0) is 18.8. The Balaban J connectivity index is 1.83. The van der Waals surface area contributed by atoms with Crippen molar-refractivity contribution in [1.82, 2.24) is 5.32 Å². The van der Waals surface area contributed by atoms with Gasteiger partial charge in [0.2, 0.25) is 0 Å². The predicted octanol–water partition coefficient (Wildman–Crippen LogP) is 3.23. The van der Waals surface area contributed by atoms with E-state index in [4.69, 9.17) is 9.84 Å². The van der Waals surface area contributed by atoms with E-state index in [-0.39, 0.29) is 22.6 Å². The molecular formula is C19H17F2NO4. The van der Waals surface area contributed by atoms with Gasteiger partial charge in [-0.3, -0.25) is 4.79 Å². The molecule has 0 heterocycles. The zero-order valence-electron chi connectivity index (χ0n) is 14.0. The van der Waals surface area contributed by atoms with Crippen LogP contribution in [0.1, 0.15) is 23.2 Å². The molecular weight excluding hydrogens is 344 g/mol. The number of carbonyl (C=O) groups excluding carboxylic acids is 1. The highest BCUT2D eigenvalue weighted by Gasteiger charge is 2.37. The summed E-state index contributed by atoms with van der Waals surface area (Å²) in [5, 5.41) is 11.5. The van der Waals surface area contributed by atoms with Gasteiger partial charge in [-0.25, -0.2) is 13.6 Å². The van der Waals surface area contributed by atoms with Gasteiger partial charge in [-0.05, 0) is 48.6 Å². The molecule has 1 aliphatic carbocycles. The Morgan fingerprint density at radius 3 is 2.42 bits per heavy atom. The topological polar surface area (TPSA) is 75.6 Å². The summed E-state index contributed by atoms with van der Waals surface area (Å²) in [6.45, 7) is 0. The van der Waals surface area contributed by atoms with E-state index >= 15 is 0 Å². The molecule has 2 aromatic rings. The fourth-order valence-corrected chi connectivity index (χ4v) is 2.75. The van der Waals surface area contributed by atoms with Crippen molar-refractivity contribution in [3.8, 4) is 16.9 Å². The maximum Gasteiger partial charge on any atom is 0.326 e. The lowest BCUT2D eigenvalue weighted by Gasteiger charge is -2.14. The minimum absolute atomic E-state index is 0.118. The average molecular weight is 361 g/mol. The van der Waals surface area contributed by atoms with Gasteiger partial charge in [-0.1, -0.05) is 6.07 Å². The summed E-state index contributed by atoms with van der Waals surface area (Å²) >= 11 is 0. The third-order valence-corrected chi connectivity index (χ3v) is 4.35. The number of ether oxygens (including phenoxy) is 1. The third kappa shape index (κ3) is 3.66. The van der Waals surface area contributed by atoms with E-state index in [2.05, 4.69) is 5.32 Å². The van der Waals surface area contributed by atoms with Crippen LogP contribution < -0.4 is 10.1 Å². The van der Waals surface area contributed by atoms with Crippen molar-refractivity contribution in [3.63, 3.8) is 0 Å². The molecule has 0 bridgehead atoms. The number of benzene rings is 2. The number of rotatable bonds is 6. The summed E-state index contributed by atoms with van der Waals surface area (Å²) in [6, 6.07) is 6.83. The van der Waals surface area contributed by atoms with Crippen molar-refractivity contribution in [2.75, 3.05) is 7.11 Å². The molecule has 26 heavy (non-hydrogen) atoms. The number of hydrogen-bond acceptors (Lipinski definition) is 3. The van der Waals surface area contributed by atoms with Gasteiger partial charge in [0, 0.05) is 11.6 Å². The molecule has 0 radical (unpaired) electrons. The van der Waals surface area contributed by atoms with Crippen molar-refractivity contribution in [1.29, 1.82) is 0 Å². The standard InChI is InChI=1S/C19H17F2NO4/c1-26-12-5-7-13(16(21)9-12)11-4-6-14(15(20)8-11)18(23)22-17(19(24)25)10-2-3-10/h4-10,17H,2-3H2,1H3,(H,22,23)(H,24,25). The van der Waals surface area contributed by atoms with Crippen LogP contribution in [0.15, 0.2) is 36.4 Å². The molecule has 0 spiro atoms. The molecule has 1 aliphatic rings. The molecule has 2 N–H and O–H groups in total. The average Bonchev–Trinajstić information content (AvgIpc) is 3.43. The first-order chi connectivity index (χ1) is 12.4. The first-order valence-corrected chi connectivity index (χ1v) is 8.08. The van der Waals surface area contributed by atoms with Crippen molar-refractivity contribution < 1.29 is 28.2 Å². The first kappa shape index (κ1) is 17.8. The van der Waals surface area contributed by atoms with Gasteiger partial charge in [0.05, 0.1) is 12.7 Å². The number of carboxylic acid groups (broad SMARTS) is 1. The number of amides is 1. The summed E-state index contributed by atoms with van der Waals surface area (Å²) in [5.41, 5.74) is 0.142. The lowest BCUT2D eigenvalue weighted by molar-refractivity contribution is -0.139. The van der Waals surface area contributed by atoms with E-state index in [0.29, 0.717) is 5.75 Å². The molecule has 7 heteroatoms. The fourth-order valence-electron chi connectivity index (χ4n) is 2.75. The normalized spacial score (nSPS) is 14.6. The van der Waals surface area contributed by atoms with E-state index in [1.165, 1.54) is 31.4 Å². The molecule has 1 saturated carbocycles. The molecule has 0 aromatic heterocycles. The van der Waals surface area contributed by atoms with Crippen molar-refractivity contribution >= 4 is 11.9 Å². The Labute approximate surface area is 148 Å². The van der Waals surface area contributed by atoms with E-state index in [1.807, 2.05) is 0 Å². The molecule has 5 nitrogen and oxygen atoms in total. The Hall–Kier alpha value is -2.96. The van der Waals surface area contributed by atoms with Crippen LogP contribution in [0.4, 0.5) is 8.78 Å². The van der Waals surface area contributed by atoms with Gasteiger partial charge in [-0.15, -0.1) is 0 Å². The third-order valence-electron chi connectivity index (χ3n) is 4.35. The second kappa shape index (κ2) is 7.11. The highest BCUT2D eigenvalue weighted by molar-refractivity contribution is 5.97. The van der Waals surface area contributed by atoms with Crippen molar-refractivity contribution in [2.45, 2.75) is 18.9 Å². The number of nitrogens with one attached hydrogen (secondary N) is 1. The SMILES string of the molecule is COc1ccc(-c2ccc(C(=O)NC(C(=O)O)C3CC3)c(F)c2)c(F)c1. The summed E-state index contributed by atoms with van der Waals surface area (Å²) in [5.74, 6) is -3.16. The van der Waals surface area contributed by atoms with Crippen LogP contribution >= 0.6 is 0 Å². The van der Waals surface area contributed by atoms with E-state index in [1.54, 1.807) is 6.07 Å². The van der Waals surface area contributed by atoms with Crippen LogP contribution in [0, 0.1) is 17.6 Å². The first-order valence-electron chi connectivity index (χ1n) is 8.08. The molecule has 1 fully saturated rings. The summed E-state index contributed by atoms with van der Waals surface area (Å²) in [6.07, 6.45) is 1.44. The Morgan fingerprint density at radius 1 is 1.15 bits per heavy atom. The second-order valence-electron chi connectivity index (χ2n) is 6.17. The number of aliphatic carboxylic acids is 1. The van der Waals surface area contributed by atoms with Crippen LogP contribution in [0.2, 0.25) is 0 Å². The molecule has 0 saturated heterocycles. The van der Waals surface area contributed by atoms with Crippen LogP contribution in [0.3, 0.4) is 0 Å². The zero-order valence-corrected chi connectivity index (χ0v) is 14.0. The maximum absolute atomic E-state index is 14.4. The molecule has 1 atom stereocenters. The van der Waals surface area contributed by atoms with Crippen LogP contribution in [-0.2, 0) is 4.79 Å². The van der Waals surface area contributed by atoms with Gasteiger partial charge >= 0.3 is 5.97 Å². The Kier molecular flexibility index (Phi) is 4.88. The molecule has 3 rings (SSSR count). The highest BCUT2D eigenvalue weighted by atomic mass is 19.1. The molecule has 0 aliphatic heterocycles. The highest BCUT2D eigenvalue weighted by Crippen LogP contribution is 2.33. The minimum atomic E-state index is -1.14. The molecule has 136 valence electrons. The summed E-state index contributed by atoms with van der Waals surface area (Å²) < 4.78 is 33.4. The van der Waals surface area contributed by atoms with Gasteiger partial charge in [-0.2, -0.15) is 0 Å². The van der Waals surface area contributed by atoms with Gasteiger partial charge in [0.25, 0.3) is 5.91 Å². The van der Waals surface area contributed by atoms with Crippen LogP contribution in [-0.4, -0.2) is 30.1 Å². The monoisotopic (exact) mass is 361 g/mol. The fraction of sp³-hybridized carbons (Fsp3) is 0.263. The van der Waals surface area contributed by atoms with E-state index in [9.17, 15) is 18.4 Å². The number of carbonyl (C=O) groups is 2. The Bertz CT molecular complexity index is 865. The smallest absolute Gasteiger partial charge is 0.326 e. The van der Waals surface area contributed by atoms with Gasteiger partial charge in [0.15, 0.2) is 0 Å². The van der Waals surface area contributed by atoms with Crippen LogP contribution in [0.25, 0.3) is 11.1 Å². The lowest BCUT2D eigenvalue weighted by Crippen LogP contribution is -2.42. The summed E-state index contributed by atoms with van der Waals surface area (Å²) in [7, 11) is 1.41. The predicted molar refractivity (Wildman–Crippen MR) is 90.0 cm³/mol. The van der Waals surface area contributed by atoms with E-state index < -0.39 is 29.6 Å². The number of hydrogen-bond donors (Lipinski definition) is 2. The Morgan fingerprint density at radius 2 is 1.88 bits per heavy atom. The molecule has 2 aromatic carbocycles. The summed E-state index contributed by atoms with van der Waals surface area (Å²) in [4.78, 5) is 23.4. The van der Waals surface area contributed by atoms with Crippen molar-refractivity contribution in [3.05, 3.63) is 53.6 Å². The number of halogens is 2. The van der Waals surface area contributed by atoms with E-state index in [0.717, 1.165) is 18.9 Å². The van der Waals surface area contributed by atoms with Gasteiger partial charge in [0.1, 0.15) is 23.4 Å². The number of carboxylic acids is 1. The second-order valence-corrected chi connectivity index (χ2v) is 6.17. The quantitative estimate of drug-likeness (QED) is 0.828. The van der Waals surface area contributed by atoms with Crippen LogP contribution in [0.5, 0.6) is 5.75 Å². The lowest BCUT2D eigenvalue weighted by atomic mass is 10.0. The maximum atomic E-state index is 14.4.